The van der Waals surface area contributed by atoms with Crippen molar-refractivity contribution in [3.8, 4) is 0 Å². The largest absolute Gasteiger partial charge is 0.294 e. The van der Waals surface area contributed by atoms with Crippen LogP contribution in [0.4, 0.5) is 0 Å². The van der Waals surface area contributed by atoms with Gasteiger partial charge in [-0.1, -0.05) is 32.4 Å². The molecule has 1 aliphatic rings. The summed E-state index contributed by atoms with van der Waals surface area (Å²) >= 11 is 0. The highest BCUT2D eigenvalue weighted by Crippen LogP contribution is 2.44. The zero-order chi connectivity index (χ0) is 12.5. The Morgan fingerprint density at radius 1 is 1.50 bits per heavy atom. The minimum Gasteiger partial charge on any atom is -0.294 e. The van der Waals surface area contributed by atoms with Gasteiger partial charge in [0.1, 0.15) is 0 Å². The summed E-state index contributed by atoms with van der Waals surface area (Å²) in [4.78, 5) is 12.5. The first-order chi connectivity index (χ1) is 7.33. The van der Waals surface area contributed by atoms with Crippen LogP contribution in [0.15, 0.2) is 23.8 Å². The molecular formula is C15H24O. The topological polar surface area (TPSA) is 17.1 Å². The number of allylic oxidation sites excluding steroid dienone is 3. The van der Waals surface area contributed by atoms with Crippen molar-refractivity contribution in [2.75, 3.05) is 0 Å². The molecule has 1 aliphatic carbocycles. The summed E-state index contributed by atoms with van der Waals surface area (Å²) in [7, 11) is 0. The lowest BCUT2D eigenvalue weighted by Gasteiger charge is -2.39. The molecule has 0 bridgehead atoms. The second-order valence-corrected chi connectivity index (χ2v) is 5.75. The lowest BCUT2D eigenvalue weighted by atomic mass is 9.64. The number of hydrogen-bond donors (Lipinski definition) is 0. The number of carbonyl (C=O) groups is 1. The molecular weight excluding hydrogens is 196 g/mol. The molecule has 1 heteroatoms. The lowest BCUT2D eigenvalue weighted by molar-refractivity contribution is -0.123. The Morgan fingerprint density at radius 2 is 2.06 bits per heavy atom. The third kappa shape index (κ3) is 2.14. The average molecular weight is 220 g/mol. The van der Waals surface area contributed by atoms with Crippen LogP contribution in [-0.4, -0.2) is 5.78 Å². The van der Waals surface area contributed by atoms with Gasteiger partial charge in [0.2, 0.25) is 0 Å². The van der Waals surface area contributed by atoms with Crippen LogP contribution < -0.4 is 0 Å². The lowest BCUT2D eigenvalue weighted by Crippen LogP contribution is -2.36. The van der Waals surface area contributed by atoms with Crippen LogP contribution in [0.25, 0.3) is 0 Å². The van der Waals surface area contributed by atoms with Gasteiger partial charge in [-0.05, 0) is 32.6 Å². The van der Waals surface area contributed by atoms with Crippen molar-refractivity contribution in [3.05, 3.63) is 23.8 Å². The van der Waals surface area contributed by atoms with Gasteiger partial charge in [-0.15, -0.1) is 6.58 Å². The molecule has 0 aromatic rings. The van der Waals surface area contributed by atoms with Gasteiger partial charge in [-0.3, -0.25) is 4.79 Å². The van der Waals surface area contributed by atoms with Gasteiger partial charge < -0.3 is 0 Å². The summed E-state index contributed by atoms with van der Waals surface area (Å²) in [5.41, 5.74) is 2.05. The fourth-order valence-corrected chi connectivity index (χ4v) is 2.84. The number of rotatable bonds is 2. The van der Waals surface area contributed by atoms with Gasteiger partial charge in [0.25, 0.3) is 0 Å². The van der Waals surface area contributed by atoms with Gasteiger partial charge in [0, 0.05) is 16.9 Å². The molecule has 0 aliphatic heterocycles. The van der Waals surface area contributed by atoms with Crippen LogP contribution in [0.3, 0.4) is 0 Å². The van der Waals surface area contributed by atoms with E-state index < -0.39 is 0 Å². The fraction of sp³-hybridized carbons (Fsp3) is 0.667. The number of ketones is 1. The Morgan fingerprint density at radius 3 is 2.44 bits per heavy atom. The predicted octanol–water partition coefficient (Wildman–Crippen LogP) is 4.15. The Balaban J connectivity index is 3.18. The molecule has 2 atom stereocenters. The van der Waals surface area contributed by atoms with Gasteiger partial charge in [0.05, 0.1) is 0 Å². The predicted molar refractivity (Wildman–Crippen MR) is 69.2 cm³/mol. The highest BCUT2D eigenvalue weighted by molar-refractivity contribution is 6.00. The molecule has 1 nitrogen and oxygen atoms in total. The quantitative estimate of drug-likeness (QED) is 0.504. The van der Waals surface area contributed by atoms with E-state index in [1.807, 2.05) is 19.9 Å². The molecule has 1 rings (SSSR count). The SMILES string of the molecule is C=C[C@]1(C)CC[C@@H](C(C)C)C(=O)C1=C(C)C. The van der Waals surface area contributed by atoms with Crippen LogP contribution >= 0.6 is 0 Å². The molecule has 0 saturated heterocycles. The average Bonchev–Trinajstić information content (AvgIpc) is 2.16. The van der Waals surface area contributed by atoms with E-state index in [2.05, 4.69) is 27.4 Å². The third-order valence-electron chi connectivity index (χ3n) is 3.88. The standard InChI is InChI=1S/C15H24O/c1-7-15(6)9-8-12(10(2)3)14(16)13(15)11(4)5/h7,10,12H,1,8-9H2,2-6H3/t12-,15+/m0/s1. The molecule has 0 amide bonds. The van der Waals surface area contributed by atoms with E-state index in [-0.39, 0.29) is 11.3 Å². The molecule has 1 saturated carbocycles. The summed E-state index contributed by atoms with van der Waals surface area (Å²) in [6.07, 6.45) is 3.99. The van der Waals surface area contributed by atoms with E-state index in [0.29, 0.717) is 11.7 Å². The van der Waals surface area contributed by atoms with Gasteiger partial charge in [0.15, 0.2) is 5.78 Å². The molecule has 90 valence electrons. The minimum absolute atomic E-state index is 0.110. The Kier molecular flexibility index (Phi) is 3.77. The highest BCUT2D eigenvalue weighted by Gasteiger charge is 2.40. The molecule has 0 radical (unpaired) electrons. The van der Waals surface area contributed by atoms with Crippen molar-refractivity contribution < 1.29 is 4.79 Å². The van der Waals surface area contributed by atoms with Crippen molar-refractivity contribution in [1.29, 1.82) is 0 Å². The van der Waals surface area contributed by atoms with Crippen LogP contribution in [0.2, 0.25) is 0 Å². The zero-order valence-corrected chi connectivity index (χ0v) is 11.3. The Bertz CT molecular complexity index is 331. The fourth-order valence-electron chi connectivity index (χ4n) is 2.84. The van der Waals surface area contributed by atoms with Crippen molar-refractivity contribution in [1.82, 2.24) is 0 Å². The Hall–Kier alpha value is -0.850. The second kappa shape index (κ2) is 4.57. The van der Waals surface area contributed by atoms with Crippen LogP contribution in [-0.2, 0) is 4.79 Å². The number of hydrogen-bond acceptors (Lipinski definition) is 1. The Labute approximate surface area is 99.6 Å². The smallest absolute Gasteiger partial charge is 0.162 e. The van der Waals surface area contributed by atoms with E-state index in [1.54, 1.807) is 0 Å². The van der Waals surface area contributed by atoms with Crippen LogP contribution in [0.1, 0.15) is 47.5 Å². The first-order valence-electron chi connectivity index (χ1n) is 6.19. The van der Waals surface area contributed by atoms with E-state index in [1.165, 1.54) is 0 Å². The third-order valence-corrected chi connectivity index (χ3v) is 3.88. The maximum atomic E-state index is 12.5. The van der Waals surface area contributed by atoms with E-state index in [9.17, 15) is 4.79 Å². The monoisotopic (exact) mass is 220 g/mol. The van der Waals surface area contributed by atoms with Crippen molar-refractivity contribution in [2.45, 2.75) is 47.5 Å². The van der Waals surface area contributed by atoms with E-state index in [0.717, 1.165) is 24.0 Å². The molecule has 0 N–H and O–H groups in total. The second-order valence-electron chi connectivity index (χ2n) is 5.75. The summed E-state index contributed by atoms with van der Waals surface area (Å²) in [6, 6.07) is 0. The first kappa shape index (κ1) is 13.2. The normalized spacial score (nSPS) is 30.8. The summed E-state index contributed by atoms with van der Waals surface area (Å²) in [6.45, 7) is 14.4. The number of Topliss-reactive ketones (excluding diaryl/α,β-unsaturated/α-hetero) is 1. The van der Waals surface area contributed by atoms with Crippen molar-refractivity contribution in [3.63, 3.8) is 0 Å². The molecule has 0 spiro atoms. The van der Waals surface area contributed by atoms with E-state index in [4.69, 9.17) is 0 Å². The minimum atomic E-state index is -0.110. The summed E-state index contributed by atoms with van der Waals surface area (Å²) in [5, 5.41) is 0. The maximum Gasteiger partial charge on any atom is 0.162 e. The van der Waals surface area contributed by atoms with Crippen LogP contribution in [0.5, 0.6) is 0 Å². The van der Waals surface area contributed by atoms with Crippen molar-refractivity contribution in [2.24, 2.45) is 17.3 Å². The molecule has 16 heavy (non-hydrogen) atoms. The van der Waals surface area contributed by atoms with E-state index >= 15 is 0 Å². The summed E-state index contributed by atoms with van der Waals surface area (Å²) in [5.74, 6) is 0.998. The van der Waals surface area contributed by atoms with Gasteiger partial charge in [-0.2, -0.15) is 0 Å². The number of carbonyl (C=O) groups excluding carboxylic acids is 1. The van der Waals surface area contributed by atoms with Crippen molar-refractivity contribution >= 4 is 5.78 Å². The molecule has 0 aromatic heterocycles. The first-order valence-corrected chi connectivity index (χ1v) is 6.19. The maximum absolute atomic E-state index is 12.5. The molecule has 0 unspecified atom stereocenters. The molecule has 0 aromatic carbocycles. The van der Waals surface area contributed by atoms with Gasteiger partial charge in [-0.25, -0.2) is 0 Å². The van der Waals surface area contributed by atoms with Crippen LogP contribution in [0, 0.1) is 17.3 Å². The van der Waals surface area contributed by atoms with Gasteiger partial charge >= 0.3 is 0 Å². The molecule has 1 fully saturated rings. The zero-order valence-electron chi connectivity index (χ0n) is 11.3. The molecule has 0 heterocycles. The summed E-state index contributed by atoms with van der Waals surface area (Å²) < 4.78 is 0. The highest BCUT2D eigenvalue weighted by atomic mass is 16.1.